The van der Waals surface area contributed by atoms with Crippen LogP contribution in [0.5, 0.6) is 11.5 Å². The van der Waals surface area contributed by atoms with Gasteiger partial charge in [-0.2, -0.15) is 0 Å². The van der Waals surface area contributed by atoms with Crippen LogP contribution in [-0.4, -0.2) is 38.0 Å². The predicted molar refractivity (Wildman–Crippen MR) is 65.2 cm³/mol. The third-order valence-electron chi connectivity index (χ3n) is 2.43. The van der Waals surface area contributed by atoms with E-state index in [2.05, 4.69) is 0 Å². The Morgan fingerprint density at radius 1 is 1.22 bits per heavy atom. The van der Waals surface area contributed by atoms with Crippen molar-refractivity contribution in [2.24, 2.45) is 5.73 Å². The van der Waals surface area contributed by atoms with Crippen molar-refractivity contribution in [3.05, 3.63) is 23.8 Å². The van der Waals surface area contributed by atoms with Gasteiger partial charge in [-0.3, -0.25) is 9.59 Å². The molecule has 0 spiro atoms. The first-order valence-electron chi connectivity index (χ1n) is 5.25. The molecule has 0 unspecified atom stereocenters. The van der Waals surface area contributed by atoms with Crippen molar-refractivity contribution in [1.82, 2.24) is 4.90 Å². The zero-order valence-electron chi connectivity index (χ0n) is 10.6. The fourth-order valence-electron chi connectivity index (χ4n) is 1.51. The average Bonchev–Trinajstić information content (AvgIpc) is 2.37. The molecule has 1 aromatic carbocycles. The first-order chi connectivity index (χ1) is 8.49. The van der Waals surface area contributed by atoms with Crippen LogP contribution >= 0.6 is 0 Å². The van der Waals surface area contributed by atoms with Gasteiger partial charge in [0.05, 0.1) is 14.2 Å². The maximum absolute atomic E-state index is 11.3. The summed E-state index contributed by atoms with van der Waals surface area (Å²) in [7, 11) is 4.57. The van der Waals surface area contributed by atoms with Crippen molar-refractivity contribution in [1.29, 1.82) is 0 Å². The molecule has 0 aromatic heterocycles. The zero-order valence-corrected chi connectivity index (χ0v) is 10.6. The number of methoxy groups -OCH3 is 2. The molecule has 0 radical (unpaired) electrons. The molecule has 18 heavy (non-hydrogen) atoms. The van der Waals surface area contributed by atoms with E-state index in [1.807, 2.05) is 0 Å². The number of hydrogen-bond acceptors (Lipinski definition) is 4. The van der Waals surface area contributed by atoms with Gasteiger partial charge in [-0.1, -0.05) is 6.07 Å². The molecular formula is C12H16N2O4. The average molecular weight is 252 g/mol. The Labute approximate surface area is 105 Å². The quantitative estimate of drug-likeness (QED) is 0.773. The van der Waals surface area contributed by atoms with Gasteiger partial charge in [0.25, 0.3) is 0 Å². The molecule has 0 fully saturated rings. The summed E-state index contributed by atoms with van der Waals surface area (Å²) >= 11 is 0. The van der Waals surface area contributed by atoms with Crippen LogP contribution in [0.4, 0.5) is 0 Å². The second-order valence-corrected chi connectivity index (χ2v) is 3.71. The van der Waals surface area contributed by atoms with Crippen LogP contribution in [0.3, 0.4) is 0 Å². The van der Waals surface area contributed by atoms with E-state index in [4.69, 9.17) is 15.2 Å². The second kappa shape index (κ2) is 5.90. The van der Waals surface area contributed by atoms with Gasteiger partial charge in [-0.15, -0.1) is 0 Å². The first-order valence-corrected chi connectivity index (χ1v) is 5.25. The van der Waals surface area contributed by atoms with Crippen LogP contribution < -0.4 is 15.2 Å². The lowest BCUT2D eigenvalue weighted by atomic mass is 10.2. The summed E-state index contributed by atoms with van der Waals surface area (Å²) < 4.78 is 10.2. The summed E-state index contributed by atoms with van der Waals surface area (Å²) in [5.74, 6) is -0.539. The van der Waals surface area contributed by atoms with Crippen molar-refractivity contribution in [3.8, 4) is 11.5 Å². The van der Waals surface area contributed by atoms with Crippen LogP contribution in [0.25, 0.3) is 0 Å². The van der Waals surface area contributed by atoms with Crippen LogP contribution in [-0.2, 0) is 16.1 Å². The summed E-state index contributed by atoms with van der Waals surface area (Å²) in [5.41, 5.74) is 5.73. The second-order valence-electron chi connectivity index (χ2n) is 3.71. The summed E-state index contributed by atoms with van der Waals surface area (Å²) in [5, 5.41) is 0. The lowest BCUT2D eigenvalue weighted by molar-refractivity contribution is -0.143. The van der Waals surface area contributed by atoms with E-state index in [1.165, 1.54) is 19.1 Å². The minimum Gasteiger partial charge on any atom is -0.493 e. The highest BCUT2D eigenvalue weighted by Gasteiger charge is 2.15. The zero-order chi connectivity index (χ0) is 13.7. The normalized spacial score (nSPS) is 9.72. The fourth-order valence-corrected chi connectivity index (χ4v) is 1.51. The van der Waals surface area contributed by atoms with Crippen LogP contribution in [0.1, 0.15) is 5.56 Å². The molecule has 0 aliphatic rings. The Bertz CT molecular complexity index is 459. The van der Waals surface area contributed by atoms with E-state index in [0.29, 0.717) is 11.5 Å². The molecule has 2 amide bonds. The number of carbonyl (C=O) groups is 2. The Morgan fingerprint density at radius 2 is 1.83 bits per heavy atom. The molecule has 98 valence electrons. The van der Waals surface area contributed by atoms with E-state index in [0.717, 1.165) is 5.56 Å². The number of ether oxygens (including phenoxy) is 2. The topological polar surface area (TPSA) is 81.9 Å². The molecule has 0 saturated carbocycles. The third-order valence-corrected chi connectivity index (χ3v) is 2.43. The molecule has 2 N–H and O–H groups in total. The number of benzene rings is 1. The molecule has 0 heterocycles. The van der Waals surface area contributed by atoms with Gasteiger partial charge in [0.1, 0.15) is 0 Å². The first kappa shape index (κ1) is 13.8. The number of amides is 2. The fraction of sp³-hybridized carbons (Fsp3) is 0.333. The van der Waals surface area contributed by atoms with Gasteiger partial charge >= 0.3 is 11.8 Å². The Morgan fingerprint density at radius 3 is 2.33 bits per heavy atom. The van der Waals surface area contributed by atoms with Gasteiger partial charge in [0.2, 0.25) is 0 Å². The number of primary amides is 1. The van der Waals surface area contributed by atoms with E-state index in [-0.39, 0.29) is 6.54 Å². The predicted octanol–water partition coefficient (Wildman–Crippen LogP) is 0.148. The minimum atomic E-state index is -0.974. The van der Waals surface area contributed by atoms with Gasteiger partial charge < -0.3 is 20.1 Å². The molecule has 1 aromatic rings. The monoisotopic (exact) mass is 252 g/mol. The molecule has 6 nitrogen and oxygen atoms in total. The molecular weight excluding hydrogens is 236 g/mol. The van der Waals surface area contributed by atoms with Crippen LogP contribution in [0.15, 0.2) is 18.2 Å². The maximum Gasteiger partial charge on any atom is 0.311 e. The molecule has 0 aliphatic carbocycles. The Balaban J connectivity index is 2.85. The lowest BCUT2D eigenvalue weighted by Crippen LogP contribution is -2.37. The van der Waals surface area contributed by atoms with Crippen LogP contribution in [0.2, 0.25) is 0 Å². The highest BCUT2D eigenvalue weighted by atomic mass is 16.5. The molecule has 0 bridgehead atoms. The van der Waals surface area contributed by atoms with Gasteiger partial charge in [-0.25, -0.2) is 0 Å². The van der Waals surface area contributed by atoms with E-state index >= 15 is 0 Å². The van der Waals surface area contributed by atoms with Crippen molar-refractivity contribution in [2.45, 2.75) is 6.54 Å². The minimum absolute atomic E-state index is 0.266. The summed E-state index contributed by atoms with van der Waals surface area (Å²) in [6, 6.07) is 5.26. The number of hydrogen-bond donors (Lipinski definition) is 1. The highest BCUT2D eigenvalue weighted by molar-refractivity contribution is 6.34. The molecule has 0 aliphatic heterocycles. The molecule has 0 saturated heterocycles. The van der Waals surface area contributed by atoms with Crippen molar-refractivity contribution in [3.63, 3.8) is 0 Å². The van der Waals surface area contributed by atoms with Crippen molar-refractivity contribution >= 4 is 11.8 Å². The van der Waals surface area contributed by atoms with Gasteiger partial charge in [0, 0.05) is 13.6 Å². The van der Waals surface area contributed by atoms with Crippen molar-refractivity contribution in [2.75, 3.05) is 21.3 Å². The molecule has 0 atom stereocenters. The standard InChI is InChI=1S/C12H16N2O4/c1-14(12(16)11(13)15)7-8-4-5-9(17-2)10(6-8)18-3/h4-6H,7H2,1-3H3,(H2,13,15). The van der Waals surface area contributed by atoms with Crippen molar-refractivity contribution < 1.29 is 19.1 Å². The SMILES string of the molecule is COc1ccc(CN(C)C(=O)C(N)=O)cc1OC. The number of carbonyl (C=O) groups excluding carboxylic acids is 2. The number of rotatable bonds is 4. The van der Waals surface area contributed by atoms with E-state index in [1.54, 1.807) is 25.3 Å². The number of nitrogens with two attached hydrogens (primary N) is 1. The summed E-state index contributed by atoms with van der Waals surface area (Å²) in [4.78, 5) is 23.3. The van der Waals surface area contributed by atoms with E-state index in [9.17, 15) is 9.59 Å². The largest absolute Gasteiger partial charge is 0.493 e. The Kier molecular flexibility index (Phi) is 4.53. The van der Waals surface area contributed by atoms with Gasteiger partial charge in [-0.05, 0) is 17.7 Å². The van der Waals surface area contributed by atoms with Crippen LogP contribution in [0, 0.1) is 0 Å². The number of likely N-dealkylation sites (N-methyl/N-ethyl adjacent to an activating group) is 1. The maximum atomic E-state index is 11.3. The number of nitrogens with zero attached hydrogens (tertiary/aromatic N) is 1. The summed E-state index contributed by atoms with van der Waals surface area (Å²) in [6.07, 6.45) is 0. The lowest BCUT2D eigenvalue weighted by Gasteiger charge is -2.16. The summed E-state index contributed by atoms with van der Waals surface area (Å²) in [6.45, 7) is 0.266. The highest BCUT2D eigenvalue weighted by Crippen LogP contribution is 2.27. The van der Waals surface area contributed by atoms with Gasteiger partial charge in [0.15, 0.2) is 11.5 Å². The Hall–Kier alpha value is -2.24. The smallest absolute Gasteiger partial charge is 0.311 e. The molecule has 1 rings (SSSR count). The van der Waals surface area contributed by atoms with E-state index < -0.39 is 11.8 Å². The third kappa shape index (κ3) is 3.13. The molecule has 6 heteroatoms.